The number of aromatic nitrogens is 1. The number of likely N-dealkylation sites (N-methyl/N-ethyl adjacent to an activating group) is 1. The molecular weight excluding hydrogens is 336 g/mol. The maximum atomic E-state index is 12.1. The lowest BCUT2D eigenvalue weighted by atomic mass is 10.0. The Hall–Kier alpha value is -2.87. The Balaban J connectivity index is 1.61. The van der Waals surface area contributed by atoms with Gasteiger partial charge in [-0.25, -0.2) is 0 Å². The molecule has 2 amide bonds. The van der Waals surface area contributed by atoms with Crippen LogP contribution in [0.5, 0.6) is 5.75 Å². The van der Waals surface area contributed by atoms with Crippen LogP contribution < -0.4 is 15.4 Å². The Morgan fingerprint density at radius 3 is 2.77 bits per heavy atom. The molecule has 0 aliphatic carbocycles. The average molecular weight is 358 g/mol. The second-order valence-corrected chi connectivity index (χ2v) is 6.43. The first-order chi connectivity index (χ1) is 12.4. The molecule has 138 valence electrons. The Morgan fingerprint density at radius 1 is 1.27 bits per heavy atom. The number of anilines is 1. The summed E-state index contributed by atoms with van der Waals surface area (Å²) in [4.78, 5) is 26.0. The van der Waals surface area contributed by atoms with Gasteiger partial charge in [-0.1, -0.05) is 17.3 Å². The third-order valence-electron chi connectivity index (χ3n) is 4.25. The molecule has 1 atom stereocenters. The van der Waals surface area contributed by atoms with Crippen molar-refractivity contribution in [2.45, 2.75) is 19.4 Å². The molecule has 2 N–H and O–H groups in total. The van der Waals surface area contributed by atoms with Crippen molar-refractivity contribution in [3.8, 4) is 5.75 Å². The van der Waals surface area contributed by atoms with Gasteiger partial charge in [-0.3, -0.25) is 14.9 Å². The summed E-state index contributed by atoms with van der Waals surface area (Å²) in [5, 5.41) is 8.71. The number of fused-ring (bicyclic) bond motifs is 1. The lowest BCUT2D eigenvalue weighted by Crippen LogP contribution is -2.40. The van der Waals surface area contributed by atoms with Crippen molar-refractivity contribution >= 4 is 17.6 Å². The van der Waals surface area contributed by atoms with Crippen LogP contribution in [0.15, 0.2) is 28.8 Å². The van der Waals surface area contributed by atoms with Crippen LogP contribution >= 0.6 is 0 Å². The van der Waals surface area contributed by atoms with Crippen LogP contribution in [0, 0.1) is 6.92 Å². The molecule has 26 heavy (non-hydrogen) atoms. The number of amides is 2. The van der Waals surface area contributed by atoms with E-state index in [0.717, 1.165) is 17.7 Å². The van der Waals surface area contributed by atoms with E-state index in [-0.39, 0.29) is 11.9 Å². The first-order valence-corrected chi connectivity index (χ1v) is 8.38. The highest BCUT2D eigenvalue weighted by Crippen LogP contribution is 2.29. The average Bonchev–Trinajstić information content (AvgIpc) is 3.22. The smallest absolute Gasteiger partial charge is 0.314 e. The highest BCUT2D eigenvalue weighted by molar-refractivity contribution is 6.39. The molecule has 0 bridgehead atoms. The summed E-state index contributed by atoms with van der Waals surface area (Å²) in [7, 11) is 3.86. The third kappa shape index (κ3) is 4.02. The fourth-order valence-corrected chi connectivity index (χ4v) is 2.88. The zero-order valence-corrected chi connectivity index (χ0v) is 15.0. The second-order valence-electron chi connectivity index (χ2n) is 6.43. The van der Waals surface area contributed by atoms with Gasteiger partial charge in [-0.05, 0) is 38.2 Å². The zero-order valence-electron chi connectivity index (χ0n) is 15.0. The lowest BCUT2D eigenvalue weighted by Gasteiger charge is -2.25. The normalized spacial score (nSPS) is 13.8. The fourth-order valence-electron chi connectivity index (χ4n) is 2.88. The molecule has 0 saturated carbocycles. The van der Waals surface area contributed by atoms with Crippen LogP contribution in [-0.4, -0.2) is 49.1 Å². The Kier molecular flexibility index (Phi) is 5.22. The molecule has 2 heterocycles. The number of hydrogen-bond acceptors (Lipinski definition) is 6. The minimum atomic E-state index is -0.779. The summed E-state index contributed by atoms with van der Waals surface area (Å²) in [5.74, 6) is 0.178. The molecule has 8 nitrogen and oxygen atoms in total. The highest BCUT2D eigenvalue weighted by atomic mass is 16.5. The van der Waals surface area contributed by atoms with Gasteiger partial charge in [-0.2, -0.15) is 0 Å². The molecule has 1 aliphatic rings. The quantitative estimate of drug-likeness (QED) is 0.782. The number of carbonyl (C=O) groups is 2. The van der Waals surface area contributed by atoms with Gasteiger partial charge in [0.05, 0.1) is 12.6 Å². The third-order valence-corrected chi connectivity index (χ3v) is 4.25. The van der Waals surface area contributed by atoms with Gasteiger partial charge in [-0.15, -0.1) is 0 Å². The lowest BCUT2D eigenvalue weighted by molar-refractivity contribution is -0.136. The number of carbonyl (C=O) groups excluding carboxylic acids is 2. The molecule has 8 heteroatoms. The molecule has 0 radical (unpaired) electrons. The van der Waals surface area contributed by atoms with E-state index in [2.05, 4.69) is 21.9 Å². The van der Waals surface area contributed by atoms with E-state index in [0.29, 0.717) is 18.9 Å². The van der Waals surface area contributed by atoms with Crippen LogP contribution in [0.3, 0.4) is 0 Å². The summed E-state index contributed by atoms with van der Waals surface area (Å²) in [6, 6.07) is 7.51. The fraction of sp³-hybridized carbons (Fsp3) is 0.389. The Labute approximate surface area is 151 Å². The number of rotatable bonds is 5. The van der Waals surface area contributed by atoms with Crippen molar-refractivity contribution in [1.82, 2.24) is 15.4 Å². The van der Waals surface area contributed by atoms with E-state index in [1.165, 1.54) is 5.56 Å². The van der Waals surface area contributed by atoms with Crippen LogP contribution in [-0.2, 0) is 16.0 Å². The summed E-state index contributed by atoms with van der Waals surface area (Å²) in [5.41, 5.74) is 2.23. The molecular formula is C18H22N4O4. The maximum Gasteiger partial charge on any atom is 0.314 e. The van der Waals surface area contributed by atoms with Gasteiger partial charge in [0.25, 0.3) is 0 Å². The summed E-state index contributed by atoms with van der Waals surface area (Å²) in [6.45, 7) is 2.70. The zero-order chi connectivity index (χ0) is 18.7. The van der Waals surface area contributed by atoms with E-state index in [4.69, 9.17) is 9.26 Å². The minimum absolute atomic E-state index is 0.0630. The predicted molar refractivity (Wildman–Crippen MR) is 94.9 cm³/mol. The van der Waals surface area contributed by atoms with Gasteiger partial charge in [0.2, 0.25) is 0 Å². The van der Waals surface area contributed by atoms with E-state index in [9.17, 15) is 9.59 Å². The molecule has 0 spiro atoms. The summed E-state index contributed by atoms with van der Waals surface area (Å²) < 4.78 is 10.4. The largest absolute Gasteiger partial charge is 0.493 e. The van der Waals surface area contributed by atoms with Gasteiger partial charge >= 0.3 is 11.8 Å². The van der Waals surface area contributed by atoms with E-state index in [1.807, 2.05) is 31.1 Å². The number of nitrogens with one attached hydrogen (secondary N) is 2. The van der Waals surface area contributed by atoms with E-state index in [1.54, 1.807) is 13.0 Å². The minimum Gasteiger partial charge on any atom is -0.493 e. The molecule has 3 rings (SSSR count). The van der Waals surface area contributed by atoms with Crippen LogP contribution in [0.2, 0.25) is 0 Å². The van der Waals surface area contributed by atoms with Crippen molar-refractivity contribution < 1.29 is 18.8 Å². The summed E-state index contributed by atoms with van der Waals surface area (Å²) >= 11 is 0. The maximum absolute atomic E-state index is 12.1. The van der Waals surface area contributed by atoms with Gasteiger partial charge < -0.3 is 19.5 Å². The molecule has 1 aliphatic heterocycles. The Morgan fingerprint density at radius 2 is 2.08 bits per heavy atom. The monoisotopic (exact) mass is 358 g/mol. The first-order valence-electron chi connectivity index (χ1n) is 8.38. The molecule has 0 saturated heterocycles. The van der Waals surface area contributed by atoms with Crippen molar-refractivity contribution in [3.05, 3.63) is 41.2 Å². The second kappa shape index (κ2) is 7.57. The van der Waals surface area contributed by atoms with Crippen LogP contribution in [0.4, 0.5) is 5.82 Å². The van der Waals surface area contributed by atoms with Crippen LogP contribution in [0.1, 0.15) is 22.9 Å². The van der Waals surface area contributed by atoms with Crippen molar-refractivity contribution in [2.24, 2.45) is 0 Å². The van der Waals surface area contributed by atoms with Crippen LogP contribution in [0.25, 0.3) is 0 Å². The van der Waals surface area contributed by atoms with Gasteiger partial charge in [0.15, 0.2) is 5.82 Å². The molecule has 1 aromatic heterocycles. The summed E-state index contributed by atoms with van der Waals surface area (Å²) in [6.07, 6.45) is 0.884. The van der Waals surface area contributed by atoms with Gasteiger partial charge in [0.1, 0.15) is 11.5 Å². The van der Waals surface area contributed by atoms with E-state index < -0.39 is 11.8 Å². The molecule has 0 fully saturated rings. The van der Waals surface area contributed by atoms with Gasteiger partial charge in [0, 0.05) is 19.0 Å². The SMILES string of the molecule is Cc1cc(NC(=O)C(=O)NCC(c2ccc3c(c2)CCO3)N(C)C)no1. The number of benzene rings is 1. The van der Waals surface area contributed by atoms with E-state index >= 15 is 0 Å². The number of nitrogens with zero attached hydrogens (tertiary/aromatic N) is 2. The van der Waals surface area contributed by atoms with Crippen molar-refractivity contribution in [2.75, 3.05) is 32.6 Å². The predicted octanol–water partition coefficient (Wildman–Crippen LogP) is 1.28. The highest BCUT2D eigenvalue weighted by Gasteiger charge is 2.21. The standard InChI is InChI=1S/C18H22N4O4/c1-11-8-16(21-26-11)20-18(24)17(23)19-10-14(22(2)3)12-4-5-15-13(9-12)6-7-25-15/h4-5,8-9,14H,6-7,10H2,1-3H3,(H,19,23)(H,20,21,24). The van der Waals surface area contributed by atoms with Crippen molar-refractivity contribution in [1.29, 1.82) is 0 Å². The molecule has 2 aromatic rings. The number of hydrogen-bond donors (Lipinski definition) is 2. The Bertz CT molecular complexity index is 815. The first kappa shape index (κ1) is 17.9. The van der Waals surface area contributed by atoms with Crippen molar-refractivity contribution in [3.63, 3.8) is 0 Å². The molecule has 1 aromatic carbocycles. The number of ether oxygens (including phenoxy) is 1. The molecule has 1 unspecified atom stereocenters. The number of aryl methyl sites for hydroxylation is 1. The topological polar surface area (TPSA) is 96.7 Å².